The molecular formula is C11H16N2O2. The highest BCUT2D eigenvalue weighted by atomic mass is 16.2. The van der Waals surface area contributed by atoms with E-state index < -0.39 is 0 Å². The first-order valence-electron chi connectivity index (χ1n) is 5.86. The van der Waals surface area contributed by atoms with Crippen LogP contribution in [0.2, 0.25) is 0 Å². The van der Waals surface area contributed by atoms with Crippen molar-refractivity contribution in [2.24, 2.45) is 11.8 Å². The summed E-state index contributed by atoms with van der Waals surface area (Å²) in [6.45, 7) is 1.94. The molecule has 3 unspecified atom stereocenters. The van der Waals surface area contributed by atoms with Crippen LogP contribution in [-0.2, 0) is 9.59 Å². The van der Waals surface area contributed by atoms with Crippen molar-refractivity contribution in [1.29, 1.82) is 0 Å². The number of imide groups is 1. The lowest BCUT2D eigenvalue weighted by Gasteiger charge is -2.26. The molecule has 3 atom stereocenters. The van der Waals surface area contributed by atoms with Crippen LogP contribution in [0.4, 0.5) is 0 Å². The summed E-state index contributed by atoms with van der Waals surface area (Å²) >= 11 is 0. The van der Waals surface area contributed by atoms with Gasteiger partial charge in [-0.25, -0.2) is 0 Å². The van der Waals surface area contributed by atoms with Crippen molar-refractivity contribution in [3.8, 4) is 0 Å². The van der Waals surface area contributed by atoms with E-state index in [1.54, 1.807) is 4.90 Å². The highest BCUT2D eigenvalue weighted by Gasteiger charge is 2.60. The lowest BCUT2D eigenvalue weighted by atomic mass is 10.1. The number of carbonyl (C=O) groups is 2. The minimum absolute atomic E-state index is 0.0636. The molecular weight excluding hydrogens is 192 g/mol. The molecule has 3 aliphatic rings. The molecule has 0 spiro atoms. The van der Waals surface area contributed by atoms with Crippen molar-refractivity contribution in [2.75, 3.05) is 13.1 Å². The lowest BCUT2D eigenvalue weighted by Crippen LogP contribution is -2.42. The van der Waals surface area contributed by atoms with Crippen LogP contribution in [0.25, 0.3) is 0 Å². The molecule has 1 aliphatic carbocycles. The number of hydrogen-bond acceptors (Lipinski definition) is 3. The first-order valence-corrected chi connectivity index (χ1v) is 5.86. The van der Waals surface area contributed by atoms with Gasteiger partial charge in [0, 0.05) is 6.04 Å². The SMILES string of the molecule is O=C1C2CC2C(=O)N1C1CCCNCC1. The molecule has 1 N–H and O–H groups in total. The van der Waals surface area contributed by atoms with Gasteiger partial charge in [-0.2, -0.15) is 0 Å². The molecule has 0 aromatic carbocycles. The van der Waals surface area contributed by atoms with Gasteiger partial charge in [0.15, 0.2) is 0 Å². The van der Waals surface area contributed by atoms with Crippen LogP contribution in [0.1, 0.15) is 25.7 Å². The molecule has 0 aromatic rings. The Morgan fingerprint density at radius 3 is 2.53 bits per heavy atom. The number of carbonyl (C=O) groups excluding carboxylic acids is 2. The number of hydrogen-bond donors (Lipinski definition) is 1. The largest absolute Gasteiger partial charge is 0.317 e. The average molecular weight is 208 g/mol. The summed E-state index contributed by atoms with van der Waals surface area (Å²) in [5.41, 5.74) is 0. The van der Waals surface area contributed by atoms with Crippen molar-refractivity contribution >= 4 is 11.8 Å². The van der Waals surface area contributed by atoms with Gasteiger partial charge in [-0.15, -0.1) is 0 Å². The molecule has 0 bridgehead atoms. The number of amides is 2. The molecule has 15 heavy (non-hydrogen) atoms. The smallest absolute Gasteiger partial charge is 0.233 e. The summed E-state index contributed by atoms with van der Waals surface area (Å²) in [6.07, 6.45) is 3.79. The van der Waals surface area contributed by atoms with E-state index >= 15 is 0 Å². The number of nitrogens with zero attached hydrogens (tertiary/aromatic N) is 1. The highest BCUT2D eigenvalue weighted by Crippen LogP contribution is 2.48. The normalized spacial score (nSPS) is 40.3. The zero-order chi connectivity index (χ0) is 10.4. The third kappa shape index (κ3) is 1.39. The van der Waals surface area contributed by atoms with Gasteiger partial charge in [-0.05, 0) is 38.8 Å². The summed E-state index contributed by atoms with van der Waals surface area (Å²) in [7, 11) is 0. The third-order valence-corrected chi connectivity index (χ3v) is 3.81. The van der Waals surface area contributed by atoms with Crippen LogP contribution < -0.4 is 5.32 Å². The zero-order valence-corrected chi connectivity index (χ0v) is 8.74. The van der Waals surface area contributed by atoms with E-state index in [9.17, 15) is 9.59 Å². The molecule has 0 radical (unpaired) electrons. The van der Waals surface area contributed by atoms with Crippen LogP contribution in [-0.4, -0.2) is 35.8 Å². The molecule has 0 aromatic heterocycles. The fourth-order valence-electron chi connectivity index (χ4n) is 2.83. The molecule has 3 fully saturated rings. The summed E-state index contributed by atoms with van der Waals surface area (Å²) in [5, 5.41) is 3.30. The predicted octanol–water partition coefficient (Wildman–Crippen LogP) is 0.133. The quantitative estimate of drug-likeness (QED) is 0.623. The van der Waals surface area contributed by atoms with Crippen LogP contribution in [0.5, 0.6) is 0 Å². The van der Waals surface area contributed by atoms with Crippen LogP contribution >= 0.6 is 0 Å². The van der Waals surface area contributed by atoms with E-state index in [2.05, 4.69) is 5.32 Å². The van der Waals surface area contributed by atoms with Gasteiger partial charge in [-0.3, -0.25) is 14.5 Å². The second-order valence-electron chi connectivity index (χ2n) is 4.83. The molecule has 4 nitrogen and oxygen atoms in total. The van der Waals surface area contributed by atoms with Gasteiger partial charge < -0.3 is 5.32 Å². The summed E-state index contributed by atoms with van der Waals surface area (Å²) in [6, 6.07) is 0.174. The molecule has 2 saturated heterocycles. The maximum atomic E-state index is 11.9. The first kappa shape index (κ1) is 9.33. The summed E-state index contributed by atoms with van der Waals surface area (Å²) < 4.78 is 0. The van der Waals surface area contributed by atoms with Gasteiger partial charge in [0.1, 0.15) is 0 Å². The number of nitrogens with one attached hydrogen (secondary N) is 1. The fraction of sp³-hybridized carbons (Fsp3) is 0.818. The van der Waals surface area contributed by atoms with E-state index in [0.717, 1.165) is 38.8 Å². The Labute approximate surface area is 89.0 Å². The summed E-state index contributed by atoms with van der Waals surface area (Å²) in [5.74, 6) is 0.344. The van der Waals surface area contributed by atoms with Crippen molar-refractivity contribution in [3.63, 3.8) is 0 Å². The summed E-state index contributed by atoms with van der Waals surface area (Å²) in [4.78, 5) is 25.3. The van der Waals surface area contributed by atoms with E-state index in [4.69, 9.17) is 0 Å². The fourth-order valence-corrected chi connectivity index (χ4v) is 2.83. The number of likely N-dealkylation sites (tertiary alicyclic amines) is 1. The maximum absolute atomic E-state index is 11.9. The van der Waals surface area contributed by atoms with Crippen LogP contribution in [0, 0.1) is 11.8 Å². The second kappa shape index (κ2) is 3.30. The predicted molar refractivity (Wildman–Crippen MR) is 54.0 cm³/mol. The molecule has 1 saturated carbocycles. The topological polar surface area (TPSA) is 49.4 Å². The van der Waals surface area contributed by atoms with Gasteiger partial charge in [-0.1, -0.05) is 0 Å². The van der Waals surface area contributed by atoms with Gasteiger partial charge in [0.05, 0.1) is 11.8 Å². The van der Waals surface area contributed by atoms with Crippen molar-refractivity contribution in [2.45, 2.75) is 31.7 Å². The molecule has 2 amide bonds. The minimum atomic E-state index is 0.0636. The van der Waals surface area contributed by atoms with Crippen LogP contribution in [0.3, 0.4) is 0 Å². The van der Waals surface area contributed by atoms with Gasteiger partial charge in [0.25, 0.3) is 0 Å². The van der Waals surface area contributed by atoms with E-state index in [1.165, 1.54) is 0 Å². The Hall–Kier alpha value is -0.900. The monoisotopic (exact) mass is 208 g/mol. The molecule has 82 valence electrons. The Bertz CT molecular complexity index is 288. The standard InChI is InChI=1S/C11H16N2O2/c14-10-8-6-9(8)11(15)13(10)7-2-1-4-12-5-3-7/h7-9,12H,1-6H2. The second-order valence-corrected chi connectivity index (χ2v) is 4.83. The van der Waals surface area contributed by atoms with Crippen molar-refractivity contribution in [1.82, 2.24) is 10.2 Å². The van der Waals surface area contributed by atoms with Gasteiger partial charge >= 0.3 is 0 Å². The molecule has 2 aliphatic heterocycles. The Morgan fingerprint density at radius 2 is 1.80 bits per heavy atom. The maximum Gasteiger partial charge on any atom is 0.233 e. The average Bonchev–Trinajstić information content (AvgIpc) is 2.99. The molecule has 2 heterocycles. The number of fused-ring (bicyclic) bond motifs is 1. The third-order valence-electron chi connectivity index (χ3n) is 3.81. The van der Waals surface area contributed by atoms with Crippen LogP contribution in [0.15, 0.2) is 0 Å². The first-order chi connectivity index (χ1) is 7.29. The molecule has 4 heteroatoms. The highest BCUT2D eigenvalue weighted by molar-refractivity contribution is 6.09. The van der Waals surface area contributed by atoms with Crippen molar-refractivity contribution < 1.29 is 9.59 Å². The van der Waals surface area contributed by atoms with Crippen molar-refractivity contribution in [3.05, 3.63) is 0 Å². The minimum Gasteiger partial charge on any atom is -0.317 e. The van der Waals surface area contributed by atoms with E-state index in [1.807, 2.05) is 0 Å². The Morgan fingerprint density at radius 1 is 1.07 bits per heavy atom. The van der Waals surface area contributed by atoms with E-state index in [0.29, 0.717) is 0 Å². The zero-order valence-electron chi connectivity index (χ0n) is 8.74. The van der Waals surface area contributed by atoms with Gasteiger partial charge in [0.2, 0.25) is 11.8 Å². The number of piperidine rings is 1. The Balaban J connectivity index is 1.75. The molecule has 3 rings (SSSR count). The number of rotatable bonds is 1. The van der Waals surface area contributed by atoms with E-state index in [-0.39, 0.29) is 29.7 Å². The Kier molecular flexibility index (Phi) is 2.06. The lowest BCUT2D eigenvalue weighted by molar-refractivity contribution is -0.144.